The van der Waals surface area contributed by atoms with E-state index in [4.69, 9.17) is 0 Å². The number of amides is 1. The number of benzene rings is 1. The van der Waals surface area contributed by atoms with E-state index in [9.17, 15) is 14.7 Å². The summed E-state index contributed by atoms with van der Waals surface area (Å²) in [6, 6.07) is 5.42. The van der Waals surface area contributed by atoms with Gasteiger partial charge in [-0.05, 0) is 38.3 Å². The molecule has 1 saturated heterocycles. The first kappa shape index (κ1) is 14.3. The van der Waals surface area contributed by atoms with Gasteiger partial charge in [-0.15, -0.1) is 0 Å². The molecule has 1 aliphatic heterocycles. The maximum atomic E-state index is 12.7. The van der Waals surface area contributed by atoms with Gasteiger partial charge in [-0.1, -0.05) is 12.1 Å². The minimum Gasteiger partial charge on any atom is -0.390 e. The molecule has 4 heteroatoms. The van der Waals surface area contributed by atoms with Crippen molar-refractivity contribution in [2.45, 2.75) is 38.7 Å². The molecule has 112 valence electrons. The monoisotopic (exact) mass is 287 g/mol. The van der Waals surface area contributed by atoms with Gasteiger partial charge in [0.2, 0.25) is 0 Å². The second kappa shape index (κ2) is 4.95. The summed E-state index contributed by atoms with van der Waals surface area (Å²) in [6.07, 6.45) is 1.99. The van der Waals surface area contributed by atoms with Gasteiger partial charge in [0.1, 0.15) is 0 Å². The average molecular weight is 287 g/mol. The van der Waals surface area contributed by atoms with Gasteiger partial charge in [0, 0.05) is 36.6 Å². The molecule has 1 aromatic rings. The van der Waals surface area contributed by atoms with E-state index < -0.39 is 5.60 Å². The van der Waals surface area contributed by atoms with E-state index in [1.54, 1.807) is 24.8 Å². The molecule has 1 atom stereocenters. The van der Waals surface area contributed by atoms with E-state index in [0.717, 1.165) is 12.0 Å². The molecule has 0 aromatic heterocycles. The minimum atomic E-state index is -0.760. The lowest BCUT2D eigenvalue weighted by atomic mass is 9.90. The largest absolute Gasteiger partial charge is 0.390 e. The number of carbonyl (C=O) groups excluding carboxylic acids is 2. The van der Waals surface area contributed by atoms with Crippen LogP contribution in [-0.4, -0.2) is 40.4 Å². The molecule has 1 amide bonds. The number of Topliss-reactive ketones (excluding diaryl/α,β-unsaturated/α-hetero) is 1. The summed E-state index contributed by atoms with van der Waals surface area (Å²) >= 11 is 0. The molecular formula is C17H21NO3. The third kappa shape index (κ3) is 2.48. The summed E-state index contributed by atoms with van der Waals surface area (Å²) in [6.45, 7) is 4.85. The number of hydrogen-bond acceptors (Lipinski definition) is 3. The SMILES string of the molecule is CC(C)(O)C1CCN(C(=O)c2cccc3c2CCC3=O)C1. The van der Waals surface area contributed by atoms with Crippen molar-refractivity contribution in [1.29, 1.82) is 0 Å². The van der Waals surface area contributed by atoms with E-state index in [2.05, 4.69) is 0 Å². The van der Waals surface area contributed by atoms with Gasteiger partial charge in [-0.2, -0.15) is 0 Å². The van der Waals surface area contributed by atoms with Crippen molar-refractivity contribution in [1.82, 2.24) is 4.90 Å². The highest BCUT2D eigenvalue weighted by Crippen LogP contribution is 2.30. The van der Waals surface area contributed by atoms with E-state index in [0.29, 0.717) is 37.1 Å². The number of ketones is 1. The molecule has 21 heavy (non-hydrogen) atoms. The molecule has 0 radical (unpaired) electrons. The van der Waals surface area contributed by atoms with Crippen LogP contribution in [0.2, 0.25) is 0 Å². The maximum Gasteiger partial charge on any atom is 0.254 e. The molecule has 0 bridgehead atoms. The van der Waals surface area contributed by atoms with Crippen LogP contribution in [0.5, 0.6) is 0 Å². The van der Waals surface area contributed by atoms with E-state index >= 15 is 0 Å². The Labute approximate surface area is 124 Å². The molecule has 0 spiro atoms. The molecule has 1 N–H and O–H groups in total. The molecule has 1 unspecified atom stereocenters. The second-order valence-corrected chi connectivity index (χ2v) is 6.65. The molecule has 1 aliphatic carbocycles. The van der Waals surface area contributed by atoms with Gasteiger partial charge >= 0.3 is 0 Å². The fraction of sp³-hybridized carbons (Fsp3) is 0.529. The van der Waals surface area contributed by atoms with Gasteiger partial charge in [-0.25, -0.2) is 0 Å². The van der Waals surface area contributed by atoms with Crippen LogP contribution in [-0.2, 0) is 6.42 Å². The van der Waals surface area contributed by atoms with Crippen molar-refractivity contribution >= 4 is 11.7 Å². The first-order valence-corrected chi connectivity index (χ1v) is 7.54. The third-order valence-corrected chi connectivity index (χ3v) is 4.78. The number of aliphatic hydroxyl groups is 1. The zero-order valence-corrected chi connectivity index (χ0v) is 12.6. The Kier molecular flexibility index (Phi) is 3.36. The van der Waals surface area contributed by atoms with Gasteiger partial charge in [0.15, 0.2) is 5.78 Å². The van der Waals surface area contributed by atoms with Crippen LogP contribution in [0.1, 0.15) is 53.0 Å². The molecule has 4 nitrogen and oxygen atoms in total. The second-order valence-electron chi connectivity index (χ2n) is 6.65. The number of rotatable bonds is 2. The van der Waals surface area contributed by atoms with Gasteiger partial charge in [0.05, 0.1) is 5.60 Å². The smallest absolute Gasteiger partial charge is 0.254 e. The van der Waals surface area contributed by atoms with Crippen LogP contribution < -0.4 is 0 Å². The number of carbonyl (C=O) groups is 2. The van der Waals surface area contributed by atoms with Gasteiger partial charge in [0.25, 0.3) is 5.91 Å². The highest BCUT2D eigenvalue weighted by Gasteiger charge is 2.36. The number of likely N-dealkylation sites (tertiary alicyclic amines) is 1. The zero-order valence-electron chi connectivity index (χ0n) is 12.6. The number of hydrogen-bond donors (Lipinski definition) is 1. The normalized spacial score (nSPS) is 21.8. The van der Waals surface area contributed by atoms with Crippen molar-refractivity contribution < 1.29 is 14.7 Å². The summed E-state index contributed by atoms with van der Waals surface area (Å²) in [4.78, 5) is 26.3. The highest BCUT2D eigenvalue weighted by molar-refractivity contribution is 6.05. The van der Waals surface area contributed by atoms with E-state index in [1.165, 1.54) is 0 Å². The van der Waals surface area contributed by atoms with Crippen LogP contribution in [0.15, 0.2) is 18.2 Å². The highest BCUT2D eigenvalue weighted by atomic mass is 16.3. The Morgan fingerprint density at radius 3 is 2.76 bits per heavy atom. The lowest BCUT2D eigenvalue weighted by Crippen LogP contribution is -2.35. The average Bonchev–Trinajstić information content (AvgIpc) is 3.05. The Morgan fingerprint density at radius 1 is 1.33 bits per heavy atom. The van der Waals surface area contributed by atoms with Crippen molar-refractivity contribution in [2.75, 3.05) is 13.1 Å². The molecular weight excluding hydrogens is 266 g/mol. The Balaban J connectivity index is 1.83. The number of nitrogens with zero attached hydrogens (tertiary/aromatic N) is 1. The standard InChI is InChI=1S/C17H21NO3/c1-17(2,21)11-8-9-18(10-11)16(20)14-5-3-4-13-12(14)6-7-15(13)19/h3-5,11,21H,6-10H2,1-2H3. The molecule has 1 aromatic carbocycles. The fourth-order valence-corrected chi connectivity index (χ4v) is 3.38. The van der Waals surface area contributed by atoms with Crippen molar-refractivity contribution in [3.63, 3.8) is 0 Å². The van der Waals surface area contributed by atoms with Gasteiger partial charge in [-0.3, -0.25) is 9.59 Å². The van der Waals surface area contributed by atoms with Crippen molar-refractivity contribution in [3.8, 4) is 0 Å². The summed E-state index contributed by atoms with van der Waals surface area (Å²) in [5.41, 5.74) is 1.51. The Bertz CT molecular complexity index is 601. The topological polar surface area (TPSA) is 57.6 Å². The summed E-state index contributed by atoms with van der Waals surface area (Å²) < 4.78 is 0. The van der Waals surface area contributed by atoms with E-state index in [1.807, 2.05) is 12.1 Å². The molecule has 0 saturated carbocycles. The summed E-state index contributed by atoms with van der Waals surface area (Å²) in [5, 5.41) is 10.1. The van der Waals surface area contributed by atoms with Crippen LogP contribution in [0, 0.1) is 5.92 Å². The predicted molar refractivity (Wildman–Crippen MR) is 79.4 cm³/mol. The third-order valence-electron chi connectivity index (χ3n) is 4.78. The molecule has 3 rings (SSSR count). The first-order valence-electron chi connectivity index (χ1n) is 7.54. The van der Waals surface area contributed by atoms with Gasteiger partial charge < -0.3 is 10.0 Å². The minimum absolute atomic E-state index is 0.00620. The Morgan fingerprint density at radius 2 is 2.10 bits per heavy atom. The first-order chi connectivity index (χ1) is 9.88. The lowest BCUT2D eigenvalue weighted by molar-refractivity contribution is 0.0211. The van der Waals surface area contributed by atoms with E-state index in [-0.39, 0.29) is 17.6 Å². The molecule has 1 heterocycles. The maximum absolute atomic E-state index is 12.7. The summed E-state index contributed by atoms with van der Waals surface area (Å²) in [7, 11) is 0. The van der Waals surface area contributed by atoms with Crippen molar-refractivity contribution in [3.05, 3.63) is 34.9 Å². The molecule has 1 fully saturated rings. The van der Waals surface area contributed by atoms with Crippen LogP contribution >= 0.6 is 0 Å². The molecule has 2 aliphatic rings. The lowest BCUT2D eigenvalue weighted by Gasteiger charge is -2.25. The van der Waals surface area contributed by atoms with Crippen molar-refractivity contribution in [2.24, 2.45) is 5.92 Å². The fourth-order valence-electron chi connectivity index (χ4n) is 3.38. The number of fused-ring (bicyclic) bond motifs is 1. The Hall–Kier alpha value is -1.68. The predicted octanol–water partition coefficient (Wildman–Crippen LogP) is 2.05. The van der Waals surface area contributed by atoms with Crippen LogP contribution in [0.3, 0.4) is 0 Å². The zero-order chi connectivity index (χ0) is 15.2. The summed E-state index contributed by atoms with van der Waals surface area (Å²) in [5.74, 6) is 0.239. The quantitative estimate of drug-likeness (QED) is 0.905. The van der Waals surface area contributed by atoms with Crippen LogP contribution in [0.4, 0.5) is 0 Å². The van der Waals surface area contributed by atoms with Crippen LogP contribution in [0.25, 0.3) is 0 Å².